The number of nitrogens with zero attached hydrogens (tertiary/aromatic N) is 4. The van der Waals surface area contributed by atoms with Gasteiger partial charge in [-0.1, -0.05) is 13.8 Å². The molecule has 5 heteroatoms. The monoisotopic (exact) mass is 263 g/mol. The number of piperazine rings is 1. The Morgan fingerprint density at radius 1 is 1.37 bits per heavy atom. The van der Waals surface area contributed by atoms with Crippen molar-refractivity contribution in [2.45, 2.75) is 39.4 Å². The second-order valence-corrected chi connectivity index (χ2v) is 5.68. The number of rotatable bonds is 4. The van der Waals surface area contributed by atoms with Crippen LogP contribution in [0.1, 0.15) is 26.5 Å². The standard InChI is InChI=1S/C14H25N5/c1-11(2)16-8-13-7-15-9-14(17-13)19-6-5-18(4)12(3)10-19/h7,9,11-12,16H,5-6,8,10H2,1-4H3. The minimum Gasteiger partial charge on any atom is -0.352 e. The SMILES string of the molecule is CC(C)NCc1cncc(N2CCN(C)C(C)C2)n1. The van der Waals surface area contributed by atoms with Gasteiger partial charge in [-0.2, -0.15) is 0 Å². The summed E-state index contributed by atoms with van der Waals surface area (Å²) in [5, 5.41) is 3.38. The van der Waals surface area contributed by atoms with Gasteiger partial charge in [-0.15, -0.1) is 0 Å². The summed E-state index contributed by atoms with van der Waals surface area (Å²) in [6.45, 7) is 10.4. The van der Waals surface area contributed by atoms with Gasteiger partial charge in [-0.05, 0) is 14.0 Å². The lowest BCUT2D eigenvalue weighted by Gasteiger charge is -2.38. The molecule has 1 N–H and O–H groups in total. The van der Waals surface area contributed by atoms with E-state index >= 15 is 0 Å². The lowest BCUT2D eigenvalue weighted by atomic mass is 10.2. The molecule has 1 unspecified atom stereocenters. The number of hydrogen-bond acceptors (Lipinski definition) is 5. The Morgan fingerprint density at radius 3 is 2.84 bits per heavy atom. The van der Waals surface area contributed by atoms with Gasteiger partial charge in [0.05, 0.1) is 11.9 Å². The zero-order valence-electron chi connectivity index (χ0n) is 12.4. The van der Waals surface area contributed by atoms with Crippen molar-refractivity contribution in [3.63, 3.8) is 0 Å². The molecule has 1 aromatic heterocycles. The minimum absolute atomic E-state index is 0.467. The third-order valence-electron chi connectivity index (χ3n) is 3.65. The van der Waals surface area contributed by atoms with Gasteiger partial charge >= 0.3 is 0 Å². The first kappa shape index (κ1) is 14.2. The van der Waals surface area contributed by atoms with E-state index in [-0.39, 0.29) is 0 Å². The predicted molar refractivity (Wildman–Crippen MR) is 78.3 cm³/mol. The van der Waals surface area contributed by atoms with E-state index in [1.165, 1.54) is 0 Å². The first-order chi connectivity index (χ1) is 9.06. The number of anilines is 1. The van der Waals surface area contributed by atoms with Crippen molar-refractivity contribution in [1.29, 1.82) is 0 Å². The summed E-state index contributed by atoms with van der Waals surface area (Å²) in [6, 6.07) is 1.03. The lowest BCUT2D eigenvalue weighted by molar-refractivity contribution is 0.233. The Labute approximate surface area is 116 Å². The average Bonchev–Trinajstić information content (AvgIpc) is 2.40. The number of aromatic nitrogens is 2. The smallest absolute Gasteiger partial charge is 0.147 e. The maximum atomic E-state index is 4.71. The van der Waals surface area contributed by atoms with Crippen molar-refractivity contribution in [1.82, 2.24) is 20.2 Å². The topological polar surface area (TPSA) is 44.3 Å². The van der Waals surface area contributed by atoms with Crippen LogP contribution in [0.3, 0.4) is 0 Å². The molecule has 0 amide bonds. The Morgan fingerprint density at radius 2 is 2.16 bits per heavy atom. The second-order valence-electron chi connectivity index (χ2n) is 5.68. The first-order valence-corrected chi connectivity index (χ1v) is 7.05. The fraction of sp³-hybridized carbons (Fsp3) is 0.714. The molecule has 106 valence electrons. The lowest BCUT2D eigenvalue weighted by Crippen LogP contribution is -2.50. The Hall–Kier alpha value is -1.20. The van der Waals surface area contributed by atoms with Crippen molar-refractivity contribution in [3.8, 4) is 0 Å². The van der Waals surface area contributed by atoms with Crippen LogP contribution in [0.25, 0.3) is 0 Å². The fourth-order valence-corrected chi connectivity index (χ4v) is 2.20. The van der Waals surface area contributed by atoms with Crippen molar-refractivity contribution in [2.75, 3.05) is 31.6 Å². The zero-order valence-corrected chi connectivity index (χ0v) is 12.4. The van der Waals surface area contributed by atoms with E-state index in [9.17, 15) is 0 Å². The third-order valence-corrected chi connectivity index (χ3v) is 3.65. The average molecular weight is 263 g/mol. The van der Waals surface area contributed by atoms with Gasteiger partial charge in [0.1, 0.15) is 5.82 Å². The summed E-state index contributed by atoms with van der Waals surface area (Å²) in [7, 11) is 2.18. The molecule has 1 saturated heterocycles. The van der Waals surface area contributed by atoms with Crippen LogP contribution in [0.4, 0.5) is 5.82 Å². The van der Waals surface area contributed by atoms with E-state index in [2.05, 4.69) is 47.9 Å². The van der Waals surface area contributed by atoms with Crippen molar-refractivity contribution >= 4 is 5.82 Å². The minimum atomic E-state index is 0.467. The van der Waals surface area contributed by atoms with Gasteiger partial charge in [0.25, 0.3) is 0 Å². The molecule has 0 bridgehead atoms. The molecule has 2 rings (SSSR count). The molecule has 1 atom stereocenters. The molecule has 5 nitrogen and oxygen atoms in total. The van der Waals surface area contributed by atoms with Gasteiger partial charge in [0.15, 0.2) is 0 Å². The van der Waals surface area contributed by atoms with Crippen molar-refractivity contribution in [3.05, 3.63) is 18.1 Å². The maximum absolute atomic E-state index is 4.71. The molecule has 0 saturated carbocycles. The van der Waals surface area contributed by atoms with E-state index < -0.39 is 0 Å². The quantitative estimate of drug-likeness (QED) is 0.882. The molecular weight excluding hydrogens is 238 g/mol. The molecule has 1 aliphatic rings. The molecule has 0 radical (unpaired) electrons. The number of likely N-dealkylation sites (N-methyl/N-ethyl adjacent to an activating group) is 1. The highest BCUT2D eigenvalue weighted by molar-refractivity contribution is 5.37. The largest absolute Gasteiger partial charge is 0.352 e. The van der Waals surface area contributed by atoms with Crippen LogP contribution in [-0.2, 0) is 6.54 Å². The van der Waals surface area contributed by atoms with Crippen molar-refractivity contribution in [2.24, 2.45) is 0 Å². The van der Waals surface area contributed by atoms with Crippen LogP contribution in [-0.4, -0.2) is 53.6 Å². The molecule has 1 aliphatic heterocycles. The Kier molecular flexibility index (Phi) is 4.71. The zero-order chi connectivity index (χ0) is 13.8. The summed E-state index contributed by atoms with van der Waals surface area (Å²) in [5.74, 6) is 1.00. The second kappa shape index (κ2) is 6.30. The van der Waals surface area contributed by atoms with Gasteiger partial charge in [-0.25, -0.2) is 4.98 Å². The van der Waals surface area contributed by atoms with Gasteiger partial charge in [0.2, 0.25) is 0 Å². The molecule has 0 aromatic carbocycles. The summed E-state index contributed by atoms with van der Waals surface area (Å²) in [5.41, 5.74) is 1.01. The van der Waals surface area contributed by atoms with E-state index in [1.807, 2.05) is 12.4 Å². The van der Waals surface area contributed by atoms with Crippen LogP contribution in [0.5, 0.6) is 0 Å². The van der Waals surface area contributed by atoms with Crippen LogP contribution < -0.4 is 10.2 Å². The highest BCUT2D eigenvalue weighted by Crippen LogP contribution is 2.15. The maximum Gasteiger partial charge on any atom is 0.147 e. The molecule has 1 fully saturated rings. The highest BCUT2D eigenvalue weighted by Gasteiger charge is 2.21. The van der Waals surface area contributed by atoms with Crippen molar-refractivity contribution < 1.29 is 0 Å². The summed E-state index contributed by atoms with van der Waals surface area (Å²) in [6.07, 6.45) is 3.72. The molecule has 1 aromatic rings. The van der Waals surface area contributed by atoms with E-state index in [4.69, 9.17) is 4.98 Å². The van der Waals surface area contributed by atoms with E-state index in [0.29, 0.717) is 12.1 Å². The van der Waals surface area contributed by atoms with E-state index in [1.54, 1.807) is 0 Å². The summed E-state index contributed by atoms with van der Waals surface area (Å²) < 4.78 is 0. The fourth-order valence-electron chi connectivity index (χ4n) is 2.20. The van der Waals surface area contributed by atoms with Gasteiger partial charge < -0.3 is 15.1 Å². The van der Waals surface area contributed by atoms with Crippen LogP contribution in [0.15, 0.2) is 12.4 Å². The molecule has 0 aliphatic carbocycles. The van der Waals surface area contributed by atoms with Crippen LogP contribution >= 0.6 is 0 Å². The molecule has 2 heterocycles. The van der Waals surface area contributed by atoms with Crippen LogP contribution in [0.2, 0.25) is 0 Å². The Bertz CT molecular complexity index is 407. The molecule has 19 heavy (non-hydrogen) atoms. The van der Waals surface area contributed by atoms with Crippen LogP contribution in [0, 0.1) is 0 Å². The first-order valence-electron chi connectivity index (χ1n) is 7.05. The summed E-state index contributed by atoms with van der Waals surface area (Å²) in [4.78, 5) is 13.7. The molecular formula is C14H25N5. The van der Waals surface area contributed by atoms with Gasteiger partial charge in [-0.3, -0.25) is 4.98 Å². The normalized spacial score (nSPS) is 21.1. The molecule has 0 spiro atoms. The van der Waals surface area contributed by atoms with Gasteiger partial charge in [0, 0.05) is 44.5 Å². The predicted octanol–water partition coefficient (Wildman–Crippen LogP) is 1.11. The number of hydrogen-bond donors (Lipinski definition) is 1. The summed E-state index contributed by atoms with van der Waals surface area (Å²) >= 11 is 0. The highest BCUT2D eigenvalue weighted by atomic mass is 15.3. The Balaban J connectivity index is 2.02. The third kappa shape index (κ3) is 3.88. The number of nitrogens with one attached hydrogen (secondary N) is 1. The van der Waals surface area contributed by atoms with E-state index in [0.717, 1.165) is 37.7 Å².